The van der Waals surface area contributed by atoms with Gasteiger partial charge in [0.2, 0.25) is 5.43 Å². The molecule has 0 aliphatic heterocycles. The van der Waals surface area contributed by atoms with Crippen molar-refractivity contribution in [1.82, 2.24) is 14.8 Å². The number of ether oxygens (including phenoxy) is 1. The highest BCUT2D eigenvalue weighted by molar-refractivity contribution is 5.90. The van der Waals surface area contributed by atoms with E-state index in [0.29, 0.717) is 42.6 Å². The molecule has 0 spiro atoms. The van der Waals surface area contributed by atoms with Crippen molar-refractivity contribution in [3.8, 4) is 5.75 Å². The van der Waals surface area contributed by atoms with Crippen molar-refractivity contribution in [3.63, 3.8) is 0 Å². The summed E-state index contributed by atoms with van der Waals surface area (Å²) in [6.45, 7) is 6.74. The number of aliphatic carboxylic acids is 4. The maximum absolute atomic E-state index is 12.9. The summed E-state index contributed by atoms with van der Waals surface area (Å²) in [7, 11) is 4.22. The van der Waals surface area contributed by atoms with Crippen LogP contribution in [0.15, 0.2) is 41.4 Å². The summed E-state index contributed by atoms with van der Waals surface area (Å²) in [5.41, 5.74) is 1.13. The van der Waals surface area contributed by atoms with E-state index in [0.717, 1.165) is 44.7 Å². The highest BCUT2D eigenvalue weighted by Gasteiger charge is 2.16. The van der Waals surface area contributed by atoms with Crippen molar-refractivity contribution in [1.29, 1.82) is 0 Å². The molecule has 0 unspecified atom stereocenters. The molecule has 1 heterocycles. The van der Waals surface area contributed by atoms with Gasteiger partial charge in [-0.2, -0.15) is 0 Å². The van der Waals surface area contributed by atoms with Crippen molar-refractivity contribution in [3.05, 3.63) is 52.5 Å². The minimum absolute atomic E-state index is 0.0338. The fourth-order valence-electron chi connectivity index (χ4n) is 6.53. The van der Waals surface area contributed by atoms with Crippen LogP contribution in [0.5, 0.6) is 5.75 Å². The zero-order valence-electron chi connectivity index (χ0n) is 35.3. The molecule has 326 valence electrons. The Hall–Kier alpha value is -3.97. The Kier molecular flexibility index (Phi) is 33.8. The summed E-state index contributed by atoms with van der Waals surface area (Å²) in [5.74, 6) is -3.77. The van der Waals surface area contributed by atoms with Gasteiger partial charge in [0.05, 0.1) is 12.8 Å². The van der Waals surface area contributed by atoms with Gasteiger partial charge in [0.25, 0.3) is 0 Å². The summed E-state index contributed by atoms with van der Waals surface area (Å²) in [5, 5.41) is 34.8. The first-order valence-corrected chi connectivity index (χ1v) is 21.3. The first-order valence-electron chi connectivity index (χ1n) is 21.3. The number of carboxylic acids is 4. The van der Waals surface area contributed by atoms with Crippen LogP contribution in [-0.4, -0.2) is 87.6 Å². The number of unbranched alkanes of at least 4 members (excludes halogenated alkanes) is 15. The van der Waals surface area contributed by atoms with E-state index in [1.165, 1.54) is 128 Å². The Labute approximate surface area is 341 Å². The van der Waals surface area contributed by atoms with Crippen molar-refractivity contribution in [2.24, 2.45) is 5.92 Å². The first kappa shape index (κ1) is 53.0. The van der Waals surface area contributed by atoms with Gasteiger partial charge in [-0.15, -0.1) is 0 Å². The van der Waals surface area contributed by atoms with Crippen LogP contribution in [0.3, 0.4) is 0 Å². The zero-order chi connectivity index (χ0) is 42.5. The SMILES string of the molecule is CCCCCCCCCCCCCCCCCCOc1cn(CC2CCCCC2)c(CNCCCN(C)C)cc1=O.O=C(O)C=CC(=O)O.O=C(O)C=CC(=O)O. The lowest BCUT2D eigenvalue weighted by molar-refractivity contribution is -0.134. The van der Waals surface area contributed by atoms with Crippen molar-refractivity contribution >= 4 is 23.9 Å². The lowest BCUT2D eigenvalue weighted by atomic mass is 9.89. The molecule has 0 amide bonds. The zero-order valence-corrected chi connectivity index (χ0v) is 35.3. The second-order valence-electron chi connectivity index (χ2n) is 15.2. The third kappa shape index (κ3) is 35.0. The molecule has 0 atom stereocenters. The number of nitrogens with zero attached hydrogens (tertiary/aromatic N) is 2. The maximum Gasteiger partial charge on any atom is 0.328 e. The topological polar surface area (TPSA) is 196 Å². The summed E-state index contributed by atoms with van der Waals surface area (Å²) in [6.07, 6.45) is 33.9. The first-order chi connectivity index (χ1) is 27.3. The van der Waals surface area contributed by atoms with Gasteiger partial charge in [-0.1, -0.05) is 122 Å². The summed E-state index contributed by atoms with van der Waals surface area (Å²) in [6, 6.07) is 1.82. The van der Waals surface area contributed by atoms with E-state index in [2.05, 4.69) is 35.8 Å². The molecule has 0 aromatic carbocycles. The number of hydrogen-bond acceptors (Lipinski definition) is 8. The molecule has 1 fully saturated rings. The molecular weight excluding hydrogens is 730 g/mol. The third-order valence-corrected chi connectivity index (χ3v) is 9.62. The van der Waals surface area contributed by atoms with Crippen LogP contribution in [0, 0.1) is 5.92 Å². The molecule has 5 N–H and O–H groups in total. The highest BCUT2D eigenvalue weighted by atomic mass is 16.5. The van der Waals surface area contributed by atoms with Crippen LogP contribution in [0.4, 0.5) is 0 Å². The minimum Gasteiger partial charge on any atom is -0.488 e. The van der Waals surface area contributed by atoms with E-state index in [4.69, 9.17) is 25.2 Å². The van der Waals surface area contributed by atoms with Gasteiger partial charge in [-0.05, 0) is 58.8 Å². The van der Waals surface area contributed by atoms with Crippen LogP contribution in [-0.2, 0) is 32.3 Å². The van der Waals surface area contributed by atoms with Crippen LogP contribution in [0.2, 0.25) is 0 Å². The molecule has 1 aliphatic carbocycles. The monoisotopic (exact) mass is 806 g/mol. The van der Waals surface area contributed by atoms with E-state index in [1.807, 2.05) is 12.3 Å². The molecule has 1 aromatic heterocycles. The summed E-state index contributed by atoms with van der Waals surface area (Å²) < 4.78 is 8.37. The van der Waals surface area contributed by atoms with E-state index >= 15 is 0 Å². The number of hydrogen-bond donors (Lipinski definition) is 5. The normalized spacial score (nSPS) is 12.9. The molecule has 0 bridgehead atoms. The number of nitrogens with one attached hydrogen (secondary N) is 1. The molecule has 1 aliphatic rings. The van der Waals surface area contributed by atoms with Gasteiger partial charge in [0, 0.05) is 49.2 Å². The van der Waals surface area contributed by atoms with Gasteiger partial charge in [-0.3, -0.25) is 4.79 Å². The quantitative estimate of drug-likeness (QED) is 0.0368. The fraction of sp³-hybridized carbons (Fsp3) is 0.705. The number of aromatic nitrogens is 1. The fourth-order valence-corrected chi connectivity index (χ4v) is 6.53. The Morgan fingerprint density at radius 1 is 0.702 bits per heavy atom. The Morgan fingerprint density at radius 3 is 1.56 bits per heavy atom. The number of rotatable bonds is 30. The average molecular weight is 806 g/mol. The molecular formula is C44H75N3O10. The van der Waals surface area contributed by atoms with Crippen LogP contribution < -0.4 is 15.5 Å². The van der Waals surface area contributed by atoms with Gasteiger partial charge >= 0.3 is 23.9 Å². The third-order valence-electron chi connectivity index (χ3n) is 9.62. The van der Waals surface area contributed by atoms with Gasteiger partial charge in [0.1, 0.15) is 0 Å². The predicted molar refractivity (Wildman–Crippen MR) is 226 cm³/mol. The highest BCUT2D eigenvalue weighted by Crippen LogP contribution is 2.26. The van der Waals surface area contributed by atoms with Crippen LogP contribution in [0.1, 0.15) is 154 Å². The standard InChI is InChI=1S/C36H67N3O2.2C4H4O4/c1-4-5-6-7-8-9-10-11-12-13-14-15-16-17-18-22-28-41-36-32-39(31-33-24-20-19-21-25-33)34(29-35(36)40)30-37-26-23-27-38(2)3;2*5-3(6)1-2-4(7)8/h29,32-33,37H,4-28,30-31H2,1-3H3;2*1-2H,(H,5,6)(H,7,8). The van der Waals surface area contributed by atoms with E-state index in [9.17, 15) is 24.0 Å². The van der Waals surface area contributed by atoms with Crippen LogP contribution in [0.25, 0.3) is 0 Å². The number of carboxylic acid groups (broad SMARTS) is 4. The molecule has 13 nitrogen and oxygen atoms in total. The van der Waals surface area contributed by atoms with Gasteiger partial charge in [0.15, 0.2) is 5.75 Å². The van der Waals surface area contributed by atoms with Gasteiger partial charge < -0.3 is 39.9 Å². The Morgan fingerprint density at radius 2 is 1.14 bits per heavy atom. The van der Waals surface area contributed by atoms with E-state index < -0.39 is 23.9 Å². The molecule has 57 heavy (non-hydrogen) atoms. The molecule has 0 radical (unpaired) electrons. The smallest absolute Gasteiger partial charge is 0.328 e. The minimum atomic E-state index is -1.26. The second-order valence-corrected chi connectivity index (χ2v) is 15.2. The Balaban J connectivity index is 0.00000163. The molecule has 1 saturated carbocycles. The van der Waals surface area contributed by atoms with E-state index in [-0.39, 0.29) is 5.43 Å². The summed E-state index contributed by atoms with van der Waals surface area (Å²) in [4.78, 5) is 53.3. The molecule has 0 saturated heterocycles. The molecule has 2 rings (SSSR count). The number of pyridine rings is 1. The lowest BCUT2D eigenvalue weighted by Gasteiger charge is -2.25. The second kappa shape index (κ2) is 36.4. The molecule has 1 aromatic rings. The maximum atomic E-state index is 12.9. The van der Waals surface area contributed by atoms with Crippen molar-refractivity contribution in [2.75, 3.05) is 33.8 Å². The van der Waals surface area contributed by atoms with E-state index in [1.54, 1.807) is 0 Å². The van der Waals surface area contributed by atoms with Crippen LogP contribution >= 0.6 is 0 Å². The largest absolute Gasteiger partial charge is 0.488 e. The number of carbonyl (C=O) groups is 4. The molecule has 13 heteroatoms. The van der Waals surface area contributed by atoms with Gasteiger partial charge in [-0.25, -0.2) is 19.2 Å². The Bertz CT molecular complexity index is 1270. The van der Waals surface area contributed by atoms with Crippen molar-refractivity contribution in [2.45, 2.75) is 161 Å². The summed E-state index contributed by atoms with van der Waals surface area (Å²) >= 11 is 0. The van der Waals surface area contributed by atoms with Crippen molar-refractivity contribution < 1.29 is 44.3 Å². The lowest BCUT2D eigenvalue weighted by Crippen LogP contribution is -2.26. The average Bonchev–Trinajstić information content (AvgIpc) is 3.16. The predicted octanol–water partition coefficient (Wildman–Crippen LogP) is 8.53.